The third-order valence-electron chi connectivity index (χ3n) is 4.67. The Morgan fingerprint density at radius 3 is 2.41 bits per heavy atom. The lowest BCUT2D eigenvalue weighted by atomic mass is 10.2. The summed E-state index contributed by atoms with van der Waals surface area (Å²) in [5.41, 5.74) is 2.86. The van der Waals surface area contributed by atoms with Gasteiger partial charge in [0.1, 0.15) is 0 Å². The number of rotatable bonds is 6. The predicted molar refractivity (Wildman–Crippen MR) is 133 cm³/mol. The fraction of sp³-hybridized carbons (Fsp3) is 0.0417. The predicted octanol–water partition coefficient (Wildman–Crippen LogP) is 5.78. The molecule has 4 aromatic rings. The maximum absolute atomic E-state index is 13.1. The smallest absolute Gasteiger partial charge is 0.218 e. The van der Waals surface area contributed by atoms with Crippen molar-refractivity contribution in [1.29, 1.82) is 0 Å². The molecule has 0 aliphatic heterocycles. The molecule has 0 bridgehead atoms. The van der Waals surface area contributed by atoms with Crippen molar-refractivity contribution in [2.45, 2.75) is 5.75 Å². The minimum atomic E-state index is -1.31. The first-order chi connectivity index (χ1) is 15.6. The second-order valence-electron chi connectivity index (χ2n) is 6.87. The minimum absolute atomic E-state index is 0.0813. The molecule has 6 nitrogen and oxygen atoms in total. The summed E-state index contributed by atoms with van der Waals surface area (Å²) in [6.07, 6.45) is 1.60. The zero-order valence-electron chi connectivity index (χ0n) is 16.9. The van der Waals surface area contributed by atoms with E-state index in [4.69, 9.17) is 12.2 Å². The van der Waals surface area contributed by atoms with Crippen LogP contribution in [0.5, 0.6) is 5.88 Å². The quantitative estimate of drug-likeness (QED) is 0.251. The summed E-state index contributed by atoms with van der Waals surface area (Å²) >= 11 is 5.27. The van der Waals surface area contributed by atoms with Crippen LogP contribution in [0.15, 0.2) is 101 Å². The second-order valence-corrected chi connectivity index (χ2v) is 8.67. The van der Waals surface area contributed by atoms with Crippen LogP contribution in [-0.4, -0.2) is 19.4 Å². The van der Waals surface area contributed by atoms with Gasteiger partial charge in [0.15, 0.2) is 5.69 Å². The molecule has 1 atom stereocenters. The number of benzene rings is 3. The van der Waals surface area contributed by atoms with Crippen molar-refractivity contribution in [1.82, 2.24) is 10.3 Å². The lowest BCUT2D eigenvalue weighted by Gasteiger charge is -2.09. The van der Waals surface area contributed by atoms with Crippen LogP contribution in [0.1, 0.15) is 11.1 Å². The summed E-state index contributed by atoms with van der Waals surface area (Å²) in [4.78, 5) is 3.45. The van der Waals surface area contributed by atoms with Crippen molar-refractivity contribution in [2.75, 3.05) is 0 Å². The summed E-state index contributed by atoms with van der Waals surface area (Å²) in [6, 6.07) is 26.5. The number of azo groups is 1. The van der Waals surface area contributed by atoms with Crippen molar-refractivity contribution in [3.63, 3.8) is 0 Å². The SMILES string of the molecule is O=S(Cc1ccccc1)C(=CNC(=S)N=Nc1c(O)[nH]c2ccccc12)c1ccccc1. The van der Waals surface area contributed by atoms with Crippen LogP contribution < -0.4 is 5.32 Å². The van der Waals surface area contributed by atoms with Crippen LogP contribution in [0.4, 0.5) is 5.69 Å². The number of fused-ring (bicyclic) bond motifs is 1. The van der Waals surface area contributed by atoms with E-state index in [9.17, 15) is 9.32 Å². The molecule has 160 valence electrons. The topological polar surface area (TPSA) is 89.8 Å². The largest absolute Gasteiger partial charge is 0.493 e. The average molecular weight is 461 g/mol. The normalized spacial score (nSPS) is 12.8. The van der Waals surface area contributed by atoms with Gasteiger partial charge in [0.2, 0.25) is 11.0 Å². The molecule has 0 spiro atoms. The van der Waals surface area contributed by atoms with Crippen LogP contribution in [0.25, 0.3) is 15.8 Å². The molecule has 32 heavy (non-hydrogen) atoms. The van der Waals surface area contributed by atoms with Gasteiger partial charge in [-0.1, -0.05) is 78.9 Å². The number of aromatic hydroxyl groups is 1. The number of H-pyrrole nitrogens is 1. The van der Waals surface area contributed by atoms with Crippen LogP contribution in [0.2, 0.25) is 0 Å². The zero-order chi connectivity index (χ0) is 22.3. The number of nitrogens with zero attached hydrogens (tertiary/aromatic N) is 2. The molecule has 0 saturated carbocycles. The molecular formula is C24H20N4O2S2. The summed E-state index contributed by atoms with van der Waals surface area (Å²) in [5, 5.41) is 21.9. The first-order valence-electron chi connectivity index (χ1n) is 9.81. The van der Waals surface area contributed by atoms with Gasteiger partial charge in [0.25, 0.3) is 0 Å². The van der Waals surface area contributed by atoms with Crippen molar-refractivity contribution in [3.05, 3.63) is 102 Å². The van der Waals surface area contributed by atoms with E-state index in [0.29, 0.717) is 16.3 Å². The maximum atomic E-state index is 13.1. The fourth-order valence-electron chi connectivity index (χ4n) is 3.15. The third-order valence-corrected chi connectivity index (χ3v) is 6.31. The van der Waals surface area contributed by atoms with Gasteiger partial charge in [-0.25, -0.2) is 0 Å². The molecule has 1 aromatic heterocycles. The van der Waals surface area contributed by atoms with Crippen molar-refractivity contribution < 1.29 is 9.32 Å². The van der Waals surface area contributed by atoms with Gasteiger partial charge < -0.3 is 15.4 Å². The van der Waals surface area contributed by atoms with Gasteiger partial charge in [-0.15, -0.1) is 10.2 Å². The van der Waals surface area contributed by atoms with Gasteiger partial charge in [-0.2, -0.15) is 0 Å². The van der Waals surface area contributed by atoms with Gasteiger partial charge in [0, 0.05) is 11.6 Å². The fourth-order valence-corrected chi connectivity index (χ4v) is 4.49. The van der Waals surface area contributed by atoms with Gasteiger partial charge in [-0.05, 0) is 29.4 Å². The lowest BCUT2D eigenvalue weighted by molar-refractivity contribution is 0.459. The Morgan fingerprint density at radius 1 is 1.00 bits per heavy atom. The molecular weight excluding hydrogens is 440 g/mol. The number of para-hydroxylation sites is 1. The average Bonchev–Trinajstić information content (AvgIpc) is 3.14. The maximum Gasteiger partial charge on any atom is 0.218 e. The van der Waals surface area contributed by atoms with Crippen LogP contribution >= 0.6 is 12.2 Å². The number of aromatic nitrogens is 1. The molecule has 4 rings (SSSR count). The van der Waals surface area contributed by atoms with E-state index in [1.54, 1.807) is 6.20 Å². The first kappa shape index (κ1) is 21.6. The highest BCUT2D eigenvalue weighted by Gasteiger charge is 2.12. The standard InChI is InChI=1S/C24H20N4O2S2/c29-23-22(19-13-7-8-14-20(19)26-23)27-28-24(31)25-15-21(18-11-5-2-6-12-18)32(30)16-17-9-3-1-4-10-17/h1-15,26,29H,16H2,(H,25,31). The van der Waals surface area contributed by atoms with E-state index in [1.165, 1.54) is 0 Å². The Balaban J connectivity index is 1.54. The van der Waals surface area contributed by atoms with Crippen LogP contribution in [0.3, 0.4) is 0 Å². The molecule has 8 heteroatoms. The molecule has 1 unspecified atom stereocenters. The van der Waals surface area contributed by atoms with E-state index in [1.807, 2.05) is 84.9 Å². The van der Waals surface area contributed by atoms with Crippen molar-refractivity contribution >= 4 is 49.6 Å². The summed E-state index contributed by atoms with van der Waals surface area (Å²) in [6.45, 7) is 0. The van der Waals surface area contributed by atoms with Crippen LogP contribution in [-0.2, 0) is 16.6 Å². The number of aromatic amines is 1. The lowest BCUT2D eigenvalue weighted by Crippen LogP contribution is -2.13. The Hall–Kier alpha value is -3.62. The molecule has 1 heterocycles. The van der Waals surface area contributed by atoms with E-state index in [0.717, 1.165) is 22.0 Å². The Morgan fingerprint density at radius 2 is 1.66 bits per heavy atom. The number of thiocarbonyl (C=S) groups is 1. The molecule has 0 radical (unpaired) electrons. The summed E-state index contributed by atoms with van der Waals surface area (Å²) < 4.78 is 13.1. The van der Waals surface area contributed by atoms with Gasteiger partial charge in [0.05, 0.1) is 27.0 Å². The van der Waals surface area contributed by atoms with Gasteiger partial charge in [-0.3, -0.25) is 4.21 Å². The Kier molecular flexibility index (Phi) is 6.84. The third kappa shape index (κ3) is 5.16. The monoisotopic (exact) mass is 460 g/mol. The van der Waals surface area contributed by atoms with E-state index < -0.39 is 10.8 Å². The minimum Gasteiger partial charge on any atom is -0.493 e. The first-order valence-corrected chi connectivity index (χ1v) is 11.5. The second kappa shape index (κ2) is 10.1. The highest BCUT2D eigenvalue weighted by atomic mass is 32.2. The molecule has 0 fully saturated rings. The summed E-state index contributed by atoms with van der Waals surface area (Å²) in [7, 11) is -1.31. The van der Waals surface area contributed by atoms with Crippen molar-refractivity contribution in [3.8, 4) is 5.88 Å². The highest BCUT2D eigenvalue weighted by Crippen LogP contribution is 2.35. The summed E-state index contributed by atoms with van der Waals surface area (Å²) in [5.74, 6) is 0.294. The van der Waals surface area contributed by atoms with Crippen LogP contribution in [0, 0.1) is 0 Å². The van der Waals surface area contributed by atoms with E-state index in [2.05, 4.69) is 20.5 Å². The van der Waals surface area contributed by atoms with E-state index >= 15 is 0 Å². The van der Waals surface area contributed by atoms with Crippen molar-refractivity contribution in [2.24, 2.45) is 10.2 Å². The molecule has 3 N–H and O–H groups in total. The molecule has 0 saturated heterocycles. The molecule has 3 aromatic carbocycles. The zero-order valence-corrected chi connectivity index (χ0v) is 18.6. The molecule has 0 aliphatic rings. The Labute approximate surface area is 193 Å². The number of hydrogen-bond acceptors (Lipinski definition) is 4. The number of hydrogen-bond donors (Lipinski definition) is 3. The highest BCUT2D eigenvalue weighted by molar-refractivity contribution is 7.93. The van der Waals surface area contributed by atoms with Gasteiger partial charge >= 0.3 is 0 Å². The molecule has 0 amide bonds. The molecule has 0 aliphatic carbocycles. The number of nitrogens with one attached hydrogen (secondary N) is 2. The Bertz CT molecular complexity index is 1320. The van der Waals surface area contributed by atoms with E-state index in [-0.39, 0.29) is 11.0 Å².